The lowest BCUT2D eigenvalue weighted by atomic mass is 10.1. The van der Waals surface area contributed by atoms with Crippen LogP contribution in [0.15, 0.2) is 48.9 Å². The third kappa shape index (κ3) is 3.56. The van der Waals surface area contributed by atoms with Gasteiger partial charge in [-0.1, -0.05) is 18.2 Å². The number of hydrogen-bond acceptors (Lipinski definition) is 5. The van der Waals surface area contributed by atoms with Crippen molar-refractivity contribution in [3.63, 3.8) is 0 Å². The van der Waals surface area contributed by atoms with Crippen molar-refractivity contribution in [2.45, 2.75) is 19.4 Å². The first kappa shape index (κ1) is 17.8. The second kappa shape index (κ2) is 7.60. The first-order valence-corrected chi connectivity index (χ1v) is 9.78. The average molecular weight is 388 g/mol. The van der Waals surface area contributed by atoms with Crippen molar-refractivity contribution in [3.8, 4) is 11.4 Å². The lowest BCUT2D eigenvalue weighted by Crippen LogP contribution is -2.27. The number of pyridine rings is 1. The normalized spacial score (nSPS) is 13.4. The molecule has 0 atom stereocenters. The van der Waals surface area contributed by atoms with Gasteiger partial charge in [0.25, 0.3) is 0 Å². The van der Waals surface area contributed by atoms with Crippen LogP contribution in [0.3, 0.4) is 0 Å². The Labute approximate surface area is 167 Å². The fourth-order valence-corrected chi connectivity index (χ4v) is 3.82. The molecule has 3 aromatic heterocycles. The molecule has 0 fully saturated rings. The summed E-state index contributed by atoms with van der Waals surface area (Å²) < 4.78 is 13.6. The number of H-pyrrole nitrogens is 1. The first-order valence-electron chi connectivity index (χ1n) is 9.78. The van der Waals surface area contributed by atoms with Crippen LogP contribution in [0, 0.1) is 5.82 Å². The zero-order chi connectivity index (χ0) is 19.6. The number of benzene rings is 1. The molecule has 1 aliphatic rings. The number of hydrogen-bond donors (Lipinski definition) is 3. The van der Waals surface area contributed by atoms with Crippen LogP contribution in [-0.4, -0.2) is 33.0 Å². The Balaban J connectivity index is 1.42. The van der Waals surface area contributed by atoms with E-state index in [0.717, 1.165) is 48.5 Å². The van der Waals surface area contributed by atoms with E-state index in [-0.39, 0.29) is 0 Å². The van der Waals surface area contributed by atoms with Crippen LogP contribution < -0.4 is 10.6 Å². The summed E-state index contributed by atoms with van der Waals surface area (Å²) in [4.78, 5) is 16.6. The van der Waals surface area contributed by atoms with Crippen molar-refractivity contribution in [2.75, 3.05) is 18.4 Å². The van der Waals surface area contributed by atoms with Gasteiger partial charge in [0, 0.05) is 47.5 Å². The summed E-state index contributed by atoms with van der Waals surface area (Å²) >= 11 is 0. The van der Waals surface area contributed by atoms with Crippen LogP contribution in [0.4, 0.5) is 10.2 Å². The largest absolute Gasteiger partial charge is 0.369 e. The summed E-state index contributed by atoms with van der Waals surface area (Å²) in [6.07, 6.45) is 6.58. The number of aromatic amines is 1. The monoisotopic (exact) mass is 388 g/mol. The Bertz CT molecular complexity index is 1170. The van der Waals surface area contributed by atoms with Crippen LogP contribution >= 0.6 is 0 Å². The van der Waals surface area contributed by atoms with Gasteiger partial charge in [-0.2, -0.15) is 0 Å². The van der Waals surface area contributed by atoms with E-state index < -0.39 is 5.82 Å². The highest BCUT2D eigenvalue weighted by atomic mass is 19.1. The Morgan fingerprint density at radius 2 is 2.07 bits per heavy atom. The summed E-state index contributed by atoms with van der Waals surface area (Å²) in [5.74, 6) is 0.931. The number of aromatic nitrogens is 4. The summed E-state index contributed by atoms with van der Waals surface area (Å²) in [7, 11) is 0. The Kier molecular flexibility index (Phi) is 4.65. The van der Waals surface area contributed by atoms with Gasteiger partial charge in [-0.25, -0.2) is 14.4 Å². The van der Waals surface area contributed by atoms with E-state index in [4.69, 9.17) is 4.98 Å². The predicted octanol–water partition coefficient (Wildman–Crippen LogP) is 3.46. The maximum Gasteiger partial charge on any atom is 0.163 e. The predicted molar refractivity (Wildman–Crippen MR) is 111 cm³/mol. The maximum atomic E-state index is 13.6. The van der Waals surface area contributed by atoms with E-state index in [2.05, 4.69) is 50.0 Å². The maximum absolute atomic E-state index is 13.6. The Morgan fingerprint density at radius 1 is 1.14 bits per heavy atom. The molecule has 1 aliphatic heterocycles. The number of para-hydroxylation sites is 1. The van der Waals surface area contributed by atoms with Gasteiger partial charge in [0.15, 0.2) is 5.82 Å². The molecule has 0 radical (unpaired) electrons. The molecule has 1 aromatic carbocycles. The zero-order valence-corrected chi connectivity index (χ0v) is 15.9. The molecule has 0 bridgehead atoms. The molecule has 6 nitrogen and oxygen atoms in total. The molecule has 0 unspecified atom stereocenters. The van der Waals surface area contributed by atoms with Gasteiger partial charge < -0.3 is 15.6 Å². The van der Waals surface area contributed by atoms with Crippen LogP contribution in [0.1, 0.15) is 16.8 Å². The van der Waals surface area contributed by atoms with Gasteiger partial charge in [0.05, 0.1) is 11.9 Å². The van der Waals surface area contributed by atoms with Crippen molar-refractivity contribution < 1.29 is 4.39 Å². The number of fused-ring (bicyclic) bond motifs is 2. The lowest BCUT2D eigenvalue weighted by molar-refractivity contribution is 0.619. The van der Waals surface area contributed by atoms with Crippen molar-refractivity contribution in [2.24, 2.45) is 0 Å². The van der Waals surface area contributed by atoms with Gasteiger partial charge in [-0.05, 0) is 37.1 Å². The molecule has 146 valence electrons. The SMILES string of the molecule is Fc1cncc(-c2nc3c(c(NCCc4c[nH]c5ccccc45)n2)CCNC3)c1. The van der Waals surface area contributed by atoms with Crippen molar-refractivity contribution in [1.82, 2.24) is 25.3 Å². The zero-order valence-electron chi connectivity index (χ0n) is 15.9. The number of nitrogens with one attached hydrogen (secondary N) is 3. The first-order chi connectivity index (χ1) is 14.3. The quantitative estimate of drug-likeness (QED) is 0.488. The van der Waals surface area contributed by atoms with Crippen molar-refractivity contribution >= 4 is 16.7 Å². The number of rotatable bonds is 5. The van der Waals surface area contributed by atoms with Crippen molar-refractivity contribution in [1.29, 1.82) is 0 Å². The molecule has 0 aliphatic carbocycles. The van der Waals surface area contributed by atoms with Gasteiger partial charge >= 0.3 is 0 Å². The summed E-state index contributed by atoms with van der Waals surface area (Å²) in [6.45, 7) is 2.33. The van der Waals surface area contributed by atoms with Gasteiger partial charge in [0.2, 0.25) is 0 Å². The van der Waals surface area contributed by atoms with E-state index >= 15 is 0 Å². The van der Waals surface area contributed by atoms with E-state index in [1.165, 1.54) is 23.2 Å². The molecular weight excluding hydrogens is 367 g/mol. The van der Waals surface area contributed by atoms with E-state index in [1.54, 1.807) is 6.20 Å². The second-order valence-electron chi connectivity index (χ2n) is 7.18. The molecule has 7 heteroatoms. The van der Waals surface area contributed by atoms with Crippen LogP contribution in [0.2, 0.25) is 0 Å². The third-order valence-electron chi connectivity index (χ3n) is 5.26. The van der Waals surface area contributed by atoms with Crippen molar-refractivity contribution in [3.05, 3.63) is 71.6 Å². The fourth-order valence-electron chi connectivity index (χ4n) is 3.82. The summed E-state index contributed by atoms with van der Waals surface area (Å²) in [5.41, 5.74) is 5.09. The molecule has 4 heterocycles. The highest BCUT2D eigenvalue weighted by Crippen LogP contribution is 2.25. The molecule has 0 saturated heterocycles. The minimum absolute atomic E-state index is 0.393. The molecule has 29 heavy (non-hydrogen) atoms. The molecule has 5 rings (SSSR count). The number of halogens is 1. The summed E-state index contributed by atoms with van der Waals surface area (Å²) in [5, 5.41) is 8.08. The average Bonchev–Trinajstić information content (AvgIpc) is 3.17. The highest BCUT2D eigenvalue weighted by molar-refractivity contribution is 5.83. The molecule has 0 spiro atoms. The van der Waals surface area contributed by atoms with Gasteiger partial charge in [-0.15, -0.1) is 0 Å². The molecule has 4 aromatic rings. The topological polar surface area (TPSA) is 78.5 Å². The smallest absolute Gasteiger partial charge is 0.163 e. The van der Waals surface area contributed by atoms with E-state index in [1.807, 2.05) is 6.07 Å². The van der Waals surface area contributed by atoms with Gasteiger partial charge in [0.1, 0.15) is 11.6 Å². The van der Waals surface area contributed by atoms with Crippen LogP contribution in [-0.2, 0) is 19.4 Å². The summed E-state index contributed by atoms with van der Waals surface area (Å²) in [6, 6.07) is 9.72. The van der Waals surface area contributed by atoms with Crippen LogP contribution in [0.25, 0.3) is 22.3 Å². The van der Waals surface area contributed by atoms with Gasteiger partial charge in [-0.3, -0.25) is 4.98 Å². The molecule has 3 N–H and O–H groups in total. The highest BCUT2D eigenvalue weighted by Gasteiger charge is 2.18. The van der Waals surface area contributed by atoms with E-state index in [9.17, 15) is 4.39 Å². The minimum atomic E-state index is -0.393. The molecular formula is C22H21FN6. The second-order valence-corrected chi connectivity index (χ2v) is 7.18. The van der Waals surface area contributed by atoms with E-state index in [0.29, 0.717) is 17.9 Å². The number of nitrogens with zero attached hydrogens (tertiary/aromatic N) is 3. The minimum Gasteiger partial charge on any atom is -0.369 e. The molecule has 0 amide bonds. The van der Waals surface area contributed by atoms with Crippen LogP contribution in [0.5, 0.6) is 0 Å². The Morgan fingerprint density at radius 3 is 3.00 bits per heavy atom. The Hall–Kier alpha value is -3.32. The third-order valence-corrected chi connectivity index (χ3v) is 5.26. The lowest BCUT2D eigenvalue weighted by Gasteiger charge is -2.20. The number of anilines is 1. The fraction of sp³-hybridized carbons (Fsp3) is 0.227. The standard InChI is InChI=1S/C22H21FN6/c23-16-9-15(10-25-12-16)21-28-20-13-24-7-6-18(20)22(29-21)26-8-5-14-11-27-19-4-2-1-3-17(14)19/h1-4,9-12,24,27H,5-8,13H2,(H,26,28,29). The molecule has 0 saturated carbocycles.